The van der Waals surface area contributed by atoms with Crippen molar-refractivity contribution < 1.29 is 5.11 Å². The molecule has 1 unspecified atom stereocenters. The van der Waals surface area contributed by atoms with E-state index < -0.39 is 0 Å². The van der Waals surface area contributed by atoms with Crippen LogP contribution in [0.15, 0.2) is 17.1 Å². The van der Waals surface area contributed by atoms with Gasteiger partial charge in [-0.3, -0.25) is 4.99 Å². The van der Waals surface area contributed by atoms with E-state index >= 15 is 0 Å². The summed E-state index contributed by atoms with van der Waals surface area (Å²) >= 11 is 0. The fourth-order valence-corrected chi connectivity index (χ4v) is 1.82. The second-order valence-corrected chi connectivity index (χ2v) is 4.19. The minimum atomic E-state index is 0.355. The number of phenols is 1. The van der Waals surface area contributed by atoms with Gasteiger partial charge in [0.1, 0.15) is 5.75 Å². The highest BCUT2D eigenvalue weighted by Crippen LogP contribution is 2.38. The predicted octanol–water partition coefficient (Wildman–Crippen LogP) is 3.34. The maximum Gasteiger partial charge on any atom is 0.121 e. The highest BCUT2D eigenvalue weighted by molar-refractivity contribution is 5.81. The van der Waals surface area contributed by atoms with Crippen LogP contribution in [0.25, 0.3) is 0 Å². The summed E-state index contributed by atoms with van der Waals surface area (Å²) in [6, 6.07) is 3.84. The standard InChI is InChI=1S/C12H15NO/c1-7(2)9-4-10-8(3)6-13-11(10)5-12(9)14/h4-8,14H,1-3H3. The highest BCUT2D eigenvalue weighted by atomic mass is 16.3. The van der Waals surface area contributed by atoms with E-state index in [1.165, 1.54) is 5.56 Å². The Balaban J connectivity index is 2.55. The molecule has 2 heteroatoms. The summed E-state index contributed by atoms with van der Waals surface area (Å²) in [5.41, 5.74) is 3.16. The number of hydrogen-bond donors (Lipinski definition) is 1. The topological polar surface area (TPSA) is 32.6 Å². The van der Waals surface area contributed by atoms with Crippen molar-refractivity contribution in [3.8, 4) is 5.75 Å². The van der Waals surface area contributed by atoms with E-state index in [4.69, 9.17) is 0 Å². The summed E-state index contributed by atoms with van der Waals surface area (Å²) in [6.45, 7) is 6.29. The summed E-state index contributed by atoms with van der Waals surface area (Å²) in [6.07, 6.45) is 1.92. The smallest absolute Gasteiger partial charge is 0.121 e. The van der Waals surface area contributed by atoms with Gasteiger partial charge >= 0.3 is 0 Å². The van der Waals surface area contributed by atoms with Crippen LogP contribution in [0.1, 0.15) is 43.7 Å². The Morgan fingerprint density at radius 3 is 2.71 bits per heavy atom. The Morgan fingerprint density at radius 2 is 2.07 bits per heavy atom. The molecule has 0 aliphatic carbocycles. The lowest BCUT2D eigenvalue weighted by Crippen LogP contribution is -1.93. The molecule has 1 atom stereocenters. The van der Waals surface area contributed by atoms with E-state index in [1.807, 2.05) is 6.21 Å². The summed E-state index contributed by atoms with van der Waals surface area (Å²) in [7, 11) is 0. The van der Waals surface area contributed by atoms with Gasteiger partial charge in [0.05, 0.1) is 5.69 Å². The molecule has 1 heterocycles. The minimum Gasteiger partial charge on any atom is -0.508 e. The first-order valence-electron chi connectivity index (χ1n) is 5.00. The first-order valence-corrected chi connectivity index (χ1v) is 5.00. The van der Waals surface area contributed by atoms with Crippen molar-refractivity contribution in [2.75, 3.05) is 0 Å². The minimum absolute atomic E-state index is 0.355. The van der Waals surface area contributed by atoms with Crippen LogP contribution >= 0.6 is 0 Å². The molecule has 0 saturated carbocycles. The number of phenolic OH excluding ortho intramolecular Hbond substituents is 1. The van der Waals surface area contributed by atoms with E-state index in [2.05, 4.69) is 31.8 Å². The number of nitrogens with zero attached hydrogens (tertiary/aromatic N) is 1. The molecule has 14 heavy (non-hydrogen) atoms. The molecule has 1 aromatic carbocycles. The van der Waals surface area contributed by atoms with Crippen molar-refractivity contribution in [1.29, 1.82) is 0 Å². The van der Waals surface area contributed by atoms with Crippen molar-refractivity contribution in [1.82, 2.24) is 0 Å². The molecular weight excluding hydrogens is 174 g/mol. The summed E-state index contributed by atoms with van der Waals surface area (Å²) in [5.74, 6) is 1.10. The molecule has 0 aromatic heterocycles. The molecule has 1 aliphatic rings. The van der Waals surface area contributed by atoms with Gasteiger partial charge in [-0.15, -0.1) is 0 Å². The molecular formula is C12H15NO. The monoisotopic (exact) mass is 189 g/mol. The third-order valence-electron chi connectivity index (χ3n) is 2.73. The molecule has 0 amide bonds. The average Bonchev–Trinajstić information content (AvgIpc) is 2.46. The molecule has 1 N–H and O–H groups in total. The number of benzene rings is 1. The number of aliphatic imine (C=N–C) groups is 1. The number of fused-ring (bicyclic) bond motifs is 1. The maximum atomic E-state index is 9.76. The number of aromatic hydroxyl groups is 1. The van der Waals surface area contributed by atoms with Crippen LogP contribution in [0.3, 0.4) is 0 Å². The van der Waals surface area contributed by atoms with Crippen molar-refractivity contribution in [2.24, 2.45) is 4.99 Å². The Labute approximate surface area is 84.3 Å². The molecule has 2 nitrogen and oxygen atoms in total. The van der Waals surface area contributed by atoms with Gasteiger partial charge in [0.2, 0.25) is 0 Å². The Bertz CT molecular complexity index is 393. The quantitative estimate of drug-likeness (QED) is 0.722. The molecule has 0 saturated heterocycles. The molecule has 74 valence electrons. The second kappa shape index (κ2) is 3.12. The molecule has 0 spiro atoms. The summed E-state index contributed by atoms with van der Waals surface area (Å²) in [5, 5.41) is 9.76. The normalized spacial score (nSPS) is 19.0. The molecule has 1 aliphatic heterocycles. The van der Waals surface area contributed by atoms with Crippen LogP contribution < -0.4 is 0 Å². The van der Waals surface area contributed by atoms with E-state index in [9.17, 15) is 5.11 Å². The van der Waals surface area contributed by atoms with Gasteiger partial charge < -0.3 is 5.11 Å². The van der Waals surface area contributed by atoms with Gasteiger partial charge in [-0.05, 0) is 23.1 Å². The number of rotatable bonds is 1. The average molecular weight is 189 g/mol. The van der Waals surface area contributed by atoms with Gasteiger partial charge in [0.25, 0.3) is 0 Å². The van der Waals surface area contributed by atoms with Crippen molar-refractivity contribution in [2.45, 2.75) is 32.6 Å². The Morgan fingerprint density at radius 1 is 1.36 bits per heavy atom. The van der Waals surface area contributed by atoms with Crippen molar-refractivity contribution in [3.63, 3.8) is 0 Å². The maximum absolute atomic E-state index is 9.76. The van der Waals surface area contributed by atoms with Crippen LogP contribution in [0, 0.1) is 0 Å². The van der Waals surface area contributed by atoms with E-state index in [0.29, 0.717) is 17.6 Å². The third kappa shape index (κ3) is 1.31. The van der Waals surface area contributed by atoms with Crippen molar-refractivity contribution >= 4 is 11.9 Å². The lowest BCUT2D eigenvalue weighted by molar-refractivity contribution is 0.465. The number of hydrogen-bond acceptors (Lipinski definition) is 2. The first-order chi connectivity index (χ1) is 6.59. The van der Waals surface area contributed by atoms with Crippen LogP contribution in [0.4, 0.5) is 5.69 Å². The van der Waals surface area contributed by atoms with Gasteiger partial charge in [0, 0.05) is 18.2 Å². The van der Waals surface area contributed by atoms with E-state index in [1.54, 1.807) is 6.07 Å². The van der Waals surface area contributed by atoms with Gasteiger partial charge in [-0.25, -0.2) is 0 Å². The summed E-state index contributed by atoms with van der Waals surface area (Å²) in [4.78, 5) is 4.26. The molecule has 0 fully saturated rings. The fraction of sp³-hybridized carbons (Fsp3) is 0.417. The molecule has 1 aromatic rings. The highest BCUT2D eigenvalue weighted by Gasteiger charge is 2.18. The lowest BCUT2D eigenvalue weighted by Gasteiger charge is -2.11. The zero-order chi connectivity index (χ0) is 10.3. The second-order valence-electron chi connectivity index (χ2n) is 4.19. The molecule has 0 bridgehead atoms. The van der Waals surface area contributed by atoms with Crippen LogP contribution in [-0.4, -0.2) is 11.3 Å². The van der Waals surface area contributed by atoms with E-state index in [0.717, 1.165) is 11.3 Å². The van der Waals surface area contributed by atoms with Gasteiger partial charge in [-0.1, -0.05) is 20.8 Å². The largest absolute Gasteiger partial charge is 0.508 e. The Hall–Kier alpha value is -1.31. The molecule has 2 rings (SSSR count). The zero-order valence-electron chi connectivity index (χ0n) is 8.78. The third-order valence-corrected chi connectivity index (χ3v) is 2.73. The predicted molar refractivity (Wildman–Crippen MR) is 58.8 cm³/mol. The zero-order valence-corrected chi connectivity index (χ0v) is 8.78. The SMILES string of the molecule is CC(C)c1cc2c(cc1O)N=CC2C. The lowest BCUT2D eigenvalue weighted by atomic mass is 9.95. The Kier molecular flexibility index (Phi) is 2.06. The molecule has 0 radical (unpaired) electrons. The van der Waals surface area contributed by atoms with Crippen LogP contribution in [0.2, 0.25) is 0 Å². The van der Waals surface area contributed by atoms with Crippen LogP contribution in [0.5, 0.6) is 5.75 Å². The fourth-order valence-electron chi connectivity index (χ4n) is 1.82. The van der Waals surface area contributed by atoms with Crippen molar-refractivity contribution in [3.05, 3.63) is 23.3 Å². The summed E-state index contributed by atoms with van der Waals surface area (Å²) < 4.78 is 0. The van der Waals surface area contributed by atoms with E-state index in [-0.39, 0.29) is 0 Å². The van der Waals surface area contributed by atoms with Gasteiger partial charge in [-0.2, -0.15) is 0 Å². The van der Waals surface area contributed by atoms with Gasteiger partial charge in [0.15, 0.2) is 0 Å². The first kappa shape index (κ1) is 9.25. The van der Waals surface area contributed by atoms with Crippen LogP contribution in [-0.2, 0) is 0 Å².